The molecule has 8 nitrogen and oxygen atoms in total. The largest absolute Gasteiger partial charge is 0.493 e. The van der Waals surface area contributed by atoms with Crippen molar-refractivity contribution >= 4 is 23.5 Å². The van der Waals surface area contributed by atoms with Crippen molar-refractivity contribution in [1.82, 2.24) is 4.90 Å². The summed E-state index contributed by atoms with van der Waals surface area (Å²) in [4.78, 5) is 40.9. The third-order valence-electron chi connectivity index (χ3n) is 6.20. The summed E-state index contributed by atoms with van der Waals surface area (Å²) in [6.45, 7) is 0. The van der Waals surface area contributed by atoms with Crippen molar-refractivity contribution in [3.63, 3.8) is 0 Å². The number of para-hydroxylation sites is 1. The van der Waals surface area contributed by atoms with E-state index in [4.69, 9.17) is 14.2 Å². The highest BCUT2D eigenvalue weighted by Gasteiger charge is 2.43. The zero-order valence-electron chi connectivity index (χ0n) is 19.9. The van der Waals surface area contributed by atoms with Crippen LogP contribution in [-0.2, 0) is 9.53 Å². The maximum Gasteiger partial charge on any atom is 0.339 e. The quantitative estimate of drug-likeness (QED) is 0.542. The Bertz CT molecular complexity index is 1290. The van der Waals surface area contributed by atoms with Crippen LogP contribution in [0.15, 0.2) is 66.7 Å². The van der Waals surface area contributed by atoms with E-state index in [2.05, 4.69) is 5.32 Å². The molecule has 1 aliphatic heterocycles. The number of esters is 1. The van der Waals surface area contributed by atoms with Crippen LogP contribution in [0, 0.1) is 0 Å². The van der Waals surface area contributed by atoms with Crippen LogP contribution in [0.4, 0.5) is 5.69 Å². The minimum atomic E-state index is -0.766. The van der Waals surface area contributed by atoms with E-state index in [1.54, 1.807) is 79.7 Å². The van der Waals surface area contributed by atoms with Crippen LogP contribution in [0.2, 0.25) is 0 Å². The van der Waals surface area contributed by atoms with E-state index in [9.17, 15) is 14.4 Å². The fraction of sp³-hybridized carbons (Fsp3) is 0.222. The Morgan fingerprint density at radius 2 is 1.57 bits per heavy atom. The molecule has 0 aliphatic carbocycles. The van der Waals surface area contributed by atoms with Gasteiger partial charge in [-0.2, -0.15) is 0 Å². The molecule has 3 aromatic carbocycles. The summed E-state index contributed by atoms with van der Waals surface area (Å²) in [5.41, 5.74) is 2.32. The highest BCUT2D eigenvalue weighted by Crippen LogP contribution is 2.44. The Labute approximate surface area is 203 Å². The molecular weight excluding hydrogens is 448 g/mol. The molecule has 0 unspecified atom stereocenters. The zero-order chi connectivity index (χ0) is 25.1. The van der Waals surface area contributed by atoms with Crippen molar-refractivity contribution in [1.29, 1.82) is 0 Å². The number of likely N-dealkylation sites (N-methyl/N-ethyl adjacent to an activating group) is 1. The maximum atomic E-state index is 13.8. The Kier molecular flexibility index (Phi) is 6.73. The second-order valence-electron chi connectivity index (χ2n) is 8.07. The van der Waals surface area contributed by atoms with Crippen LogP contribution in [0.1, 0.15) is 43.8 Å². The number of hydrogen-bond acceptors (Lipinski definition) is 6. The molecule has 35 heavy (non-hydrogen) atoms. The van der Waals surface area contributed by atoms with Crippen LogP contribution in [0.3, 0.4) is 0 Å². The molecule has 4 rings (SSSR count). The predicted molar refractivity (Wildman–Crippen MR) is 130 cm³/mol. The number of anilines is 1. The van der Waals surface area contributed by atoms with Gasteiger partial charge in [-0.15, -0.1) is 0 Å². The molecule has 3 aromatic rings. The summed E-state index contributed by atoms with van der Waals surface area (Å²) >= 11 is 0. The summed E-state index contributed by atoms with van der Waals surface area (Å²) in [7, 11) is 6.02. The molecule has 0 bridgehead atoms. The minimum absolute atomic E-state index is 0.195. The number of rotatable bonds is 6. The van der Waals surface area contributed by atoms with E-state index >= 15 is 0 Å². The summed E-state index contributed by atoms with van der Waals surface area (Å²) in [5.74, 6) is -0.868. The summed E-state index contributed by atoms with van der Waals surface area (Å²) in [6.07, 6.45) is 0. The lowest BCUT2D eigenvalue weighted by Gasteiger charge is -2.40. The Morgan fingerprint density at radius 1 is 0.886 bits per heavy atom. The van der Waals surface area contributed by atoms with Crippen molar-refractivity contribution in [3.05, 3.63) is 89.0 Å². The first kappa shape index (κ1) is 23.8. The average molecular weight is 475 g/mol. The molecule has 1 N–H and O–H groups in total. The fourth-order valence-corrected chi connectivity index (χ4v) is 4.50. The monoisotopic (exact) mass is 474 g/mol. The lowest BCUT2D eigenvalue weighted by atomic mass is 9.79. The third-order valence-corrected chi connectivity index (χ3v) is 6.20. The topological polar surface area (TPSA) is 94.2 Å². The van der Waals surface area contributed by atoms with Crippen molar-refractivity contribution in [3.8, 4) is 11.5 Å². The second-order valence-corrected chi connectivity index (χ2v) is 8.07. The molecule has 0 radical (unpaired) electrons. The molecule has 1 heterocycles. The Balaban J connectivity index is 1.83. The highest BCUT2D eigenvalue weighted by molar-refractivity contribution is 6.06. The molecular formula is C27H26N2O6. The maximum absolute atomic E-state index is 13.8. The number of fused-ring (bicyclic) bond motifs is 1. The smallest absolute Gasteiger partial charge is 0.339 e. The second kappa shape index (κ2) is 9.89. The first-order chi connectivity index (χ1) is 16.9. The molecule has 0 fully saturated rings. The lowest BCUT2D eigenvalue weighted by molar-refractivity contribution is -0.119. The van der Waals surface area contributed by atoms with Crippen molar-refractivity contribution < 1.29 is 28.6 Å². The van der Waals surface area contributed by atoms with Gasteiger partial charge in [0.05, 0.1) is 44.5 Å². The number of nitrogens with zero attached hydrogens (tertiary/aromatic N) is 1. The van der Waals surface area contributed by atoms with Crippen LogP contribution in [0.25, 0.3) is 0 Å². The van der Waals surface area contributed by atoms with Crippen LogP contribution < -0.4 is 14.8 Å². The van der Waals surface area contributed by atoms with Crippen LogP contribution >= 0.6 is 0 Å². The number of benzene rings is 3. The van der Waals surface area contributed by atoms with Gasteiger partial charge in [0.2, 0.25) is 5.91 Å². The average Bonchev–Trinajstić information content (AvgIpc) is 2.89. The molecule has 8 heteroatoms. The van der Waals surface area contributed by atoms with Gasteiger partial charge in [-0.1, -0.05) is 36.4 Å². The van der Waals surface area contributed by atoms with Gasteiger partial charge in [0, 0.05) is 12.6 Å². The zero-order valence-corrected chi connectivity index (χ0v) is 19.9. The van der Waals surface area contributed by atoms with Gasteiger partial charge in [-0.3, -0.25) is 9.59 Å². The van der Waals surface area contributed by atoms with Gasteiger partial charge in [-0.05, 0) is 41.5 Å². The van der Waals surface area contributed by atoms with Gasteiger partial charge < -0.3 is 24.4 Å². The standard InChI is InChI=1S/C27H26N2O6/c1-29-24(16-13-14-21(33-2)22(15-16)34-3)23(17-9-5-6-10-18(17)26(29)31)25(30)28-20-12-8-7-11-19(20)27(32)35-4/h5-15,23-24H,1-4H3,(H,28,30)/t23-,24+/m1/s1. The molecule has 0 spiro atoms. The Morgan fingerprint density at radius 3 is 2.29 bits per heavy atom. The van der Waals surface area contributed by atoms with E-state index in [1.165, 1.54) is 14.2 Å². The van der Waals surface area contributed by atoms with Gasteiger partial charge >= 0.3 is 5.97 Å². The molecule has 1 aliphatic rings. The van der Waals surface area contributed by atoms with E-state index in [1.807, 2.05) is 6.07 Å². The fourth-order valence-electron chi connectivity index (χ4n) is 4.50. The van der Waals surface area contributed by atoms with Crippen LogP contribution in [0.5, 0.6) is 11.5 Å². The van der Waals surface area contributed by atoms with Crippen molar-refractivity contribution in [2.24, 2.45) is 0 Å². The van der Waals surface area contributed by atoms with E-state index in [-0.39, 0.29) is 17.4 Å². The number of amides is 2. The summed E-state index contributed by atoms with van der Waals surface area (Å²) in [6, 6.07) is 18.4. The normalized spacial score (nSPS) is 16.8. The predicted octanol–water partition coefficient (Wildman–Crippen LogP) is 4.04. The first-order valence-corrected chi connectivity index (χ1v) is 11.0. The van der Waals surface area contributed by atoms with Gasteiger partial charge in [0.25, 0.3) is 5.91 Å². The van der Waals surface area contributed by atoms with E-state index in [0.29, 0.717) is 33.9 Å². The molecule has 180 valence electrons. The summed E-state index contributed by atoms with van der Waals surface area (Å²) in [5, 5.41) is 2.89. The molecule has 0 saturated heterocycles. The van der Waals surface area contributed by atoms with Gasteiger partial charge in [0.15, 0.2) is 11.5 Å². The van der Waals surface area contributed by atoms with Gasteiger partial charge in [0.1, 0.15) is 0 Å². The molecule has 2 amide bonds. The van der Waals surface area contributed by atoms with Crippen molar-refractivity contribution in [2.75, 3.05) is 33.7 Å². The molecule has 0 aromatic heterocycles. The number of nitrogens with one attached hydrogen (secondary N) is 1. The number of hydrogen-bond donors (Lipinski definition) is 1. The first-order valence-electron chi connectivity index (χ1n) is 11.0. The lowest BCUT2D eigenvalue weighted by Crippen LogP contribution is -2.44. The number of ether oxygens (including phenoxy) is 3. The van der Waals surface area contributed by atoms with E-state index in [0.717, 1.165) is 0 Å². The molecule has 2 atom stereocenters. The van der Waals surface area contributed by atoms with Crippen LogP contribution in [-0.4, -0.2) is 51.1 Å². The van der Waals surface area contributed by atoms with E-state index < -0.39 is 17.9 Å². The third kappa shape index (κ3) is 4.30. The summed E-state index contributed by atoms with van der Waals surface area (Å²) < 4.78 is 15.7. The Hall–Kier alpha value is -4.33. The number of carbonyl (C=O) groups excluding carboxylic acids is 3. The van der Waals surface area contributed by atoms with Crippen molar-refractivity contribution in [2.45, 2.75) is 12.0 Å². The highest BCUT2D eigenvalue weighted by atomic mass is 16.5. The number of carbonyl (C=O) groups is 3. The molecule has 0 saturated carbocycles. The SMILES string of the molecule is COC(=O)c1ccccc1NC(=O)[C@@H]1c2ccccc2C(=O)N(C)[C@H]1c1ccc(OC)c(OC)c1. The van der Waals surface area contributed by atoms with Gasteiger partial charge in [-0.25, -0.2) is 4.79 Å². The minimum Gasteiger partial charge on any atom is -0.493 e. The number of methoxy groups -OCH3 is 3.